The van der Waals surface area contributed by atoms with Gasteiger partial charge in [0.25, 0.3) is 0 Å². The summed E-state index contributed by atoms with van der Waals surface area (Å²) < 4.78 is 0. The third kappa shape index (κ3) is 7.33. The van der Waals surface area contributed by atoms with Crippen LogP contribution in [0.1, 0.15) is 32.1 Å². The molecule has 0 aliphatic carbocycles. The highest BCUT2D eigenvalue weighted by Crippen LogP contribution is 1.99. The molecule has 106 valence electrons. The van der Waals surface area contributed by atoms with Gasteiger partial charge < -0.3 is 22.9 Å². The number of rotatable bonds is 9. The second kappa shape index (κ2) is 9.95. The van der Waals surface area contributed by atoms with Gasteiger partial charge in [0.2, 0.25) is 11.8 Å². The number of nitrogens with two attached hydrogens (primary N) is 4. The van der Waals surface area contributed by atoms with Gasteiger partial charge >= 0.3 is 0 Å². The number of imide groups is 1. The molecule has 0 aromatic carbocycles. The third-order valence-corrected chi connectivity index (χ3v) is 2.61. The highest BCUT2D eigenvalue weighted by molar-refractivity contribution is 5.99. The second-order valence-corrected chi connectivity index (χ2v) is 4.28. The monoisotopic (exact) mass is 259 g/mol. The maximum atomic E-state index is 11.6. The van der Waals surface area contributed by atoms with E-state index < -0.39 is 23.9 Å². The van der Waals surface area contributed by atoms with Crippen molar-refractivity contribution >= 4 is 11.8 Å². The topological polar surface area (TPSA) is 150 Å². The van der Waals surface area contributed by atoms with Gasteiger partial charge in [0, 0.05) is 0 Å². The predicted molar refractivity (Wildman–Crippen MR) is 70.3 cm³/mol. The Morgan fingerprint density at radius 1 is 0.833 bits per heavy atom. The molecule has 0 aliphatic rings. The maximum absolute atomic E-state index is 11.6. The fourth-order valence-corrected chi connectivity index (χ4v) is 1.42. The van der Waals surface area contributed by atoms with E-state index in [1.54, 1.807) is 0 Å². The summed E-state index contributed by atoms with van der Waals surface area (Å²) in [6, 6.07) is -1.41. The summed E-state index contributed by atoms with van der Waals surface area (Å²) in [7, 11) is 0. The molecule has 7 heteroatoms. The molecule has 0 aromatic heterocycles. The van der Waals surface area contributed by atoms with Crippen molar-refractivity contribution in [3.8, 4) is 0 Å². The fraction of sp³-hybridized carbons (Fsp3) is 0.818. The molecule has 0 radical (unpaired) electrons. The van der Waals surface area contributed by atoms with Crippen LogP contribution in [0.2, 0.25) is 0 Å². The molecule has 0 aliphatic heterocycles. The third-order valence-electron chi connectivity index (χ3n) is 2.61. The van der Waals surface area contributed by atoms with Crippen LogP contribution in [0.25, 0.3) is 0 Å². The van der Waals surface area contributed by atoms with E-state index in [0.29, 0.717) is 32.4 Å². The zero-order valence-electron chi connectivity index (χ0n) is 10.7. The van der Waals surface area contributed by atoms with Gasteiger partial charge in [0.05, 0.1) is 12.1 Å². The lowest BCUT2D eigenvalue weighted by atomic mass is 10.1. The quantitative estimate of drug-likeness (QED) is 0.307. The van der Waals surface area contributed by atoms with E-state index >= 15 is 0 Å². The molecular weight excluding hydrogens is 234 g/mol. The molecule has 0 fully saturated rings. The van der Waals surface area contributed by atoms with Crippen LogP contribution in [-0.2, 0) is 9.59 Å². The standard InChI is InChI=1S/C11H25N5O2/c12-6-2-1-4-8(14)10(17)16-11(18)9(15)5-3-7-13/h8-9H,1-7,12-15H2,(H,16,17,18)/t8-,9+/m0/s1. The average Bonchev–Trinajstić information content (AvgIpc) is 2.35. The highest BCUT2D eigenvalue weighted by atomic mass is 16.2. The van der Waals surface area contributed by atoms with Crippen LogP contribution in [0.5, 0.6) is 0 Å². The highest BCUT2D eigenvalue weighted by Gasteiger charge is 2.19. The molecule has 0 heterocycles. The molecule has 9 N–H and O–H groups in total. The van der Waals surface area contributed by atoms with Crippen LogP contribution in [-0.4, -0.2) is 37.0 Å². The summed E-state index contributed by atoms with van der Waals surface area (Å²) >= 11 is 0. The van der Waals surface area contributed by atoms with Crippen LogP contribution < -0.4 is 28.3 Å². The first-order valence-electron chi connectivity index (χ1n) is 6.29. The lowest BCUT2D eigenvalue weighted by Crippen LogP contribution is -2.49. The van der Waals surface area contributed by atoms with Crippen LogP contribution in [0.4, 0.5) is 0 Å². The van der Waals surface area contributed by atoms with E-state index in [4.69, 9.17) is 22.9 Å². The Morgan fingerprint density at radius 2 is 1.28 bits per heavy atom. The Morgan fingerprint density at radius 3 is 1.72 bits per heavy atom. The predicted octanol–water partition coefficient (Wildman–Crippen LogP) is -1.85. The van der Waals surface area contributed by atoms with Crippen molar-refractivity contribution in [2.24, 2.45) is 22.9 Å². The molecule has 7 nitrogen and oxygen atoms in total. The molecule has 2 amide bonds. The minimum Gasteiger partial charge on any atom is -0.330 e. The Balaban J connectivity index is 3.94. The minimum absolute atomic E-state index is 0.456. The smallest absolute Gasteiger partial charge is 0.243 e. The van der Waals surface area contributed by atoms with Crippen LogP contribution in [0.15, 0.2) is 0 Å². The largest absolute Gasteiger partial charge is 0.330 e. The normalized spacial score (nSPS) is 14.0. The second-order valence-electron chi connectivity index (χ2n) is 4.28. The zero-order chi connectivity index (χ0) is 14.0. The van der Waals surface area contributed by atoms with Crippen molar-refractivity contribution in [3.05, 3.63) is 0 Å². The first-order valence-corrected chi connectivity index (χ1v) is 6.29. The minimum atomic E-state index is -0.714. The van der Waals surface area contributed by atoms with Gasteiger partial charge in [0.1, 0.15) is 0 Å². The van der Waals surface area contributed by atoms with E-state index in [2.05, 4.69) is 5.32 Å². The van der Waals surface area contributed by atoms with Gasteiger partial charge in [0.15, 0.2) is 0 Å². The number of hydrogen-bond acceptors (Lipinski definition) is 6. The van der Waals surface area contributed by atoms with Crippen molar-refractivity contribution in [3.63, 3.8) is 0 Å². The summed E-state index contributed by atoms with van der Waals surface area (Å²) in [6.45, 7) is 1.03. The summed E-state index contributed by atoms with van der Waals surface area (Å²) in [6.07, 6.45) is 3.18. The van der Waals surface area contributed by atoms with Gasteiger partial charge in [-0.25, -0.2) is 0 Å². The fourth-order valence-electron chi connectivity index (χ4n) is 1.42. The summed E-state index contributed by atoms with van der Waals surface area (Å²) in [5, 5.41) is 2.22. The van der Waals surface area contributed by atoms with Crippen molar-refractivity contribution in [2.45, 2.75) is 44.2 Å². The average molecular weight is 259 g/mol. The van der Waals surface area contributed by atoms with Crippen molar-refractivity contribution in [2.75, 3.05) is 13.1 Å². The number of nitrogens with one attached hydrogen (secondary N) is 1. The van der Waals surface area contributed by atoms with Gasteiger partial charge in [-0.15, -0.1) is 0 Å². The molecule has 18 heavy (non-hydrogen) atoms. The number of unbranched alkanes of at least 4 members (excludes halogenated alkanes) is 1. The lowest BCUT2D eigenvalue weighted by Gasteiger charge is -2.14. The summed E-state index contributed by atoms with van der Waals surface area (Å²) in [5.41, 5.74) is 21.9. The van der Waals surface area contributed by atoms with E-state index in [0.717, 1.165) is 12.8 Å². The SMILES string of the molecule is NCCCC[C@H](N)C(=O)NC(=O)[C@H](N)CCCN. The molecule has 2 atom stereocenters. The number of carbonyl (C=O) groups excluding carboxylic acids is 2. The molecular formula is C11H25N5O2. The van der Waals surface area contributed by atoms with E-state index in [1.807, 2.05) is 0 Å². The zero-order valence-corrected chi connectivity index (χ0v) is 10.7. The number of hydrogen-bond donors (Lipinski definition) is 5. The lowest BCUT2D eigenvalue weighted by molar-refractivity contribution is -0.132. The van der Waals surface area contributed by atoms with Crippen LogP contribution in [0.3, 0.4) is 0 Å². The van der Waals surface area contributed by atoms with Crippen molar-refractivity contribution in [1.29, 1.82) is 0 Å². The van der Waals surface area contributed by atoms with Gasteiger partial charge in [-0.2, -0.15) is 0 Å². The van der Waals surface area contributed by atoms with Gasteiger partial charge in [-0.05, 0) is 38.8 Å². The van der Waals surface area contributed by atoms with Gasteiger partial charge in [-0.1, -0.05) is 6.42 Å². The molecule has 0 spiro atoms. The van der Waals surface area contributed by atoms with Gasteiger partial charge in [-0.3, -0.25) is 14.9 Å². The molecule has 0 saturated heterocycles. The number of carbonyl (C=O) groups is 2. The molecule has 0 saturated carbocycles. The van der Waals surface area contributed by atoms with E-state index in [1.165, 1.54) is 0 Å². The first-order chi connectivity index (χ1) is 8.52. The summed E-state index contributed by atoms with van der Waals surface area (Å²) in [4.78, 5) is 23.1. The Labute approximate surface area is 108 Å². The van der Waals surface area contributed by atoms with E-state index in [-0.39, 0.29) is 0 Å². The van der Waals surface area contributed by atoms with E-state index in [9.17, 15) is 9.59 Å². The molecule has 0 aromatic rings. The van der Waals surface area contributed by atoms with Crippen molar-refractivity contribution < 1.29 is 9.59 Å². The number of amides is 2. The Bertz CT molecular complexity index is 260. The Hall–Kier alpha value is -1.02. The molecule has 0 unspecified atom stereocenters. The molecule has 0 rings (SSSR count). The van der Waals surface area contributed by atoms with Crippen LogP contribution in [0, 0.1) is 0 Å². The summed E-state index contributed by atoms with van der Waals surface area (Å²) in [5.74, 6) is -0.983. The van der Waals surface area contributed by atoms with Crippen molar-refractivity contribution in [1.82, 2.24) is 5.32 Å². The van der Waals surface area contributed by atoms with Crippen LogP contribution >= 0.6 is 0 Å². The molecule has 0 bridgehead atoms. The first kappa shape index (κ1) is 17.0. The maximum Gasteiger partial charge on any atom is 0.243 e. The Kier molecular flexibility index (Phi) is 9.39.